The molecule has 4 nitrogen and oxygen atoms in total. The SMILES string of the molecule is CC(C)CCNc1nccn2nccc12. The Kier molecular flexibility index (Phi) is 2.85. The summed E-state index contributed by atoms with van der Waals surface area (Å²) < 4.78 is 1.82. The first-order valence-corrected chi connectivity index (χ1v) is 5.29. The Morgan fingerprint density at radius 1 is 1.40 bits per heavy atom. The van der Waals surface area contributed by atoms with Crippen LogP contribution in [0.2, 0.25) is 0 Å². The van der Waals surface area contributed by atoms with Gasteiger partial charge in [-0.3, -0.25) is 0 Å². The van der Waals surface area contributed by atoms with Gasteiger partial charge in [0.2, 0.25) is 0 Å². The molecule has 15 heavy (non-hydrogen) atoms. The molecule has 2 aromatic heterocycles. The first kappa shape index (κ1) is 9.96. The lowest BCUT2D eigenvalue weighted by atomic mass is 10.1. The summed E-state index contributed by atoms with van der Waals surface area (Å²) >= 11 is 0. The molecule has 2 aromatic rings. The van der Waals surface area contributed by atoms with Crippen LogP contribution in [0.25, 0.3) is 5.52 Å². The molecule has 0 atom stereocenters. The first-order chi connectivity index (χ1) is 7.27. The number of aromatic nitrogens is 3. The highest BCUT2D eigenvalue weighted by atomic mass is 15.2. The van der Waals surface area contributed by atoms with Crippen molar-refractivity contribution in [2.24, 2.45) is 5.92 Å². The summed E-state index contributed by atoms with van der Waals surface area (Å²) in [7, 11) is 0. The minimum atomic E-state index is 0.710. The quantitative estimate of drug-likeness (QED) is 0.830. The summed E-state index contributed by atoms with van der Waals surface area (Å²) in [5.74, 6) is 1.62. The van der Waals surface area contributed by atoms with Crippen molar-refractivity contribution < 1.29 is 0 Å². The van der Waals surface area contributed by atoms with E-state index in [0.29, 0.717) is 5.92 Å². The van der Waals surface area contributed by atoms with Gasteiger partial charge in [0.1, 0.15) is 5.52 Å². The minimum Gasteiger partial charge on any atom is -0.368 e. The molecule has 0 radical (unpaired) electrons. The van der Waals surface area contributed by atoms with Gasteiger partial charge in [0, 0.05) is 18.9 Å². The average molecular weight is 204 g/mol. The average Bonchev–Trinajstić information content (AvgIpc) is 2.65. The zero-order valence-electron chi connectivity index (χ0n) is 9.14. The van der Waals surface area contributed by atoms with E-state index in [-0.39, 0.29) is 0 Å². The van der Waals surface area contributed by atoms with Gasteiger partial charge in [0.05, 0.1) is 6.20 Å². The van der Waals surface area contributed by atoms with Crippen molar-refractivity contribution in [3.8, 4) is 0 Å². The van der Waals surface area contributed by atoms with Crippen LogP contribution in [-0.2, 0) is 0 Å². The van der Waals surface area contributed by atoms with Crippen molar-refractivity contribution >= 4 is 11.3 Å². The molecule has 80 valence electrons. The molecule has 2 rings (SSSR count). The molecule has 1 N–H and O–H groups in total. The van der Waals surface area contributed by atoms with Crippen molar-refractivity contribution in [1.29, 1.82) is 0 Å². The molecule has 0 aliphatic heterocycles. The van der Waals surface area contributed by atoms with Crippen LogP contribution in [0.4, 0.5) is 5.82 Å². The number of rotatable bonds is 4. The summed E-state index contributed by atoms with van der Waals surface area (Å²) in [5.41, 5.74) is 1.03. The maximum atomic E-state index is 4.30. The third-order valence-corrected chi connectivity index (χ3v) is 2.34. The van der Waals surface area contributed by atoms with Crippen LogP contribution in [0.15, 0.2) is 24.7 Å². The van der Waals surface area contributed by atoms with Gasteiger partial charge in [-0.1, -0.05) is 13.8 Å². The molecule has 0 spiro atoms. The highest BCUT2D eigenvalue weighted by molar-refractivity contribution is 5.66. The van der Waals surface area contributed by atoms with Gasteiger partial charge in [0.25, 0.3) is 0 Å². The largest absolute Gasteiger partial charge is 0.368 e. The molecule has 0 unspecified atom stereocenters. The second-order valence-electron chi connectivity index (χ2n) is 4.05. The fourth-order valence-corrected chi connectivity index (χ4v) is 1.47. The van der Waals surface area contributed by atoms with Gasteiger partial charge in [-0.2, -0.15) is 5.10 Å². The van der Waals surface area contributed by atoms with Crippen molar-refractivity contribution in [2.45, 2.75) is 20.3 Å². The summed E-state index contributed by atoms with van der Waals surface area (Å²) in [4.78, 5) is 4.30. The van der Waals surface area contributed by atoms with E-state index in [9.17, 15) is 0 Å². The summed E-state index contributed by atoms with van der Waals surface area (Å²) in [6.07, 6.45) is 6.54. The predicted octanol–water partition coefficient (Wildman–Crippen LogP) is 2.19. The van der Waals surface area contributed by atoms with Crippen LogP contribution in [0.1, 0.15) is 20.3 Å². The number of anilines is 1. The molecule has 0 saturated heterocycles. The molecular weight excluding hydrogens is 188 g/mol. The molecule has 0 bridgehead atoms. The fourth-order valence-electron chi connectivity index (χ4n) is 1.47. The number of nitrogens with one attached hydrogen (secondary N) is 1. The predicted molar refractivity (Wildman–Crippen MR) is 60.9 cm³/mol. The Hall–Kier alpha value is -1.58. The monoisotopic (exact) mass is 204 g/mol. The number of nitrogens with zero attached hydrogens (tertiary/aromatic N) is 3. The van der Waals surface area contributed by atoms with Crippen LogP contribution in [0, 0.1) is 5.92 Å². The molecule has 0 aliphatic rings. The highest BCUT2D eigenvalue weighted by Gasteiger charge is 2.02. The maximum Gasteiger partial charge on any atom is 0.152 e. The number of fused-ring (bicyclic) bond motifs is 1. The Morgan fingerprint density at radius 3 is 3.07 bits per heavy atom. The molecule has 2 heterocycles. The van der Waals surface area contributed by atoms with E-state index in [2.05, 4.69) is 29.2 Å². The Bertz CT molecular complexity index is 433. The lowest BCUT2D eigenvalue weighted by Gasteiger charge is -2.08. The lowest BCUT2D eigenvalue weighted by molar-refractivity contribution is 0.606. The van der Waals surface area contributed by atoms with Crippen molar-refractivity contribution in [3.05, 3.63) is 24.7 Å². The van der Waals surface area contributed by atoms with Gasteiger partial charge in [0.15, 0.2) is 5.82 Å². The van der Waals surface area contributed by atoms with Crippen LogP contribution < -0.4 is 5.32 Å². The highest BCUT2D eigenvalue weighted by Crippen LogP contribution is 2.12. The van der Waals surface area contributed by atoms with E-state index in [1.54, 1.807) is 12.4 Å². The standard InChI is InChI=1S/C11H16N4/c1-9(2)3-5-12-11-10-4-6-14-15(10)8-7-13-11/h4,6-9H,3,5H2,1-2H3,(H,12,13). The zero-order chi connectivity index (χ0) is 10.7. The normalized spacial score (nSPS) is 11.1. The van der Waals surface area contributed by atoms with E-state index in [0.717, 1.165) is 24.3 Å². The summed E-state index contributed by atoms with van der Waals surface area (Å²) in [6, 6.07) is 1.96. The Morgan fingerprint density at radius 2 is 2.27 bits per heavy atom. The molecule has 0 aliphatic carbocycles. The van der Waals surface area contributed by atoms with Crippen LogP contribution >= 0.6 is 0 Å². The molecule has 0 fully saturated rings. The maximum absolute atomic E-state index is 4.30. The van der Waals surface area contributed by atoms with Crippen LogP contribution in [-0.4, -0.2) is 21.1 Å². The third-order valence-electron chi connectivity index (χ3n) is 2.34. The zero-order valence-corrected chi connectivity index (χ0v) is 9.14. The Labute approximate surface area is 89.3 Å². The van der Waals surface area contributed by atoms with Gasteiger partial charge >= 0.3 is 0 Å². The van der Waals surface area contributed by atoms with Gasteiger partial charge < -0.3 is 5.32 Å². The second kappa shape index (κ2) is 4.29. The lowest BCUT2D eigenvalue weighted by Crippen LogP contribution is -2.07. The summed E-state index contributed by atoms with van der Waals surface area (Å²) in [6.45, 7) is 5.39. The topological polar surface area (TPSA) is 42.2 Å². The second-order valence-corrected chi connectivity index (χ2v) is 4.05. The van der Waals surface area contributed by atoms with E-state index >= 15 is 0 Å². The first-order valence-electron chi connectivity index (χ1n) is 5.29. The molecule has 0 amide bonds. The van der Waals surface area contributed by atoms with Crippen LogP contribution in [0.5, 0.6) is 0 Å². The van der Waals surface area contributed by atoms with Gasteiger partial charge in [-0.15, -0.1) is 0 Å². The van der Waals surface area contributed by atoms with E-state index in [1.807, 2.05) is 16.8 Å². The van der Waals surface area contributed by atoms with Crippen molar-refractivity contribution in [1.82, 2.24) is 14.6 Å². The molecule has 0 aromatic carbocycles. The number of hydrogen-bond acceptors (Lipinski definition) is 3. The summed E-state index contributed by atoms with van der Waals surface area (Å²) in [5, 5.41) is 7.49. The Balaban J connectivity index is 2.10. The van der Waals surface area contributed by atoms with E-state index in [4.69, 9.17) is 0 Å². The van der Waals surface area contributed by atoms with Crippen LogP contribution in [0.3, 0.4) is 0 Å². The minimum absolute atomic E-state index is 0.710. The van der Waals surface area contributed by atoms with Crippen molar-refractivity contribution in [3.63, 3.8) is 0 Å². The number of hydrogen-bond donors (Lipinski definition) is 1. The van der Waals surface area contributed by atoms with E-state index < -0.39 is 0 Å². The van der Waals surface area contributed by atoms with Gasteiger partial charge in [-0.05, 0) is 18.4 Å². The molecular formula is C11H16N4. The third kappa shape index (κ3) is 2.26. The molecule has 4 heteroatoms. The van der Waals surface area contributed by atoms with Crippen molar-refractivity contribution in [2.75, 3.05) is 11.9 Å². The molecule has 0 saturated carbocycles. The smallest absolute Gasteiger partial charge is 0.152 e. The van der Waals surface area contributed by atoms with E-state index in [1.165, 1.54) is 0 Å². The van der Waals surface area contributed by atoms with Gasteiger partial charge in [-0.25, -0.2) is 9.50 Å². The fraction of sp³-hybridized carbons (Fsp3) is 0.455.